The highest BCUT2D eigenvalue weighted by Gasteiger charge is 2.32. The number of hydrogen-bond donors (Lipinski definition) is 2. The molecule has 0 radical (unpaired) electrons. The van der Waals surface area contributed by atoms with Crippen LogP contribution in [0.25, 0.3) is 0 Å². The third-order valence-corrected chi connectivity index (χ3v) is 7.29. The number of aromatic carboxylic acids is 1. The molecule has 0 saturated heterocycles. The summed E-state index contributed by atoms with van der Waals surface area (Å²) in [5.74, 6) is -2.48. The number of nitrogens with one attached hydrogen (secondary N) is 1. The van der Waals surface area contributed by atoms with Crippen LogP contribution in [0.15, 0.2) is 71.6 Å². The van der Waals surface area contributed by atoms with Crippen molar-refractivity contribution >= 4 is 39.2 Å². The molecule has 0 aliphatic carbocycles. The van der Waals surface area contributed by atoms with Gasteiger partial charge in [-0.05, 0) is 66.6 Å². The Morgan fingerprint density at radius 3 is 2.32 bits per heavy atom. The quantitative estimate of drug-likeness (QED) is 0.393. The Hall–Kier alpha value is -3.77. The molecule has 0 atom stereocenters. The highest BCUT2D eigenvalue weighted by Crippen LogP contribution is 2.32. The van der Waals surface area contributed by atoms with Crippen LogP contribution in [0.5, 0.6) is 5.75 Å². The Labute approximate surface area is 215 Å². The van der Waals surface area contributed by atoms with Crippen molar-refractivity contribution in [2.45, 2.75) is 24.7 Å². The van der Waals surface area contributed by atoms with E-state index in [9.17, 15) is 31.2 Å². The number of nitrogens with zero attached hydrogens (tertiary/aromatic N) is 1. The van der Waals surface area contributed by atoms with E-state index in [0.717, 1.165) is 28.6 Å². The summed E-state index contributed by atoms with van der Waals surface area (Å²) in [6, 6.07) is 13.8. The molecule has 2 N–H and O–H groups in total. The Morgan fingerprint density at radius 1 is 1.05 bits per heavy atom. The number of hydrogen-bond acceptors (Lipinski definition) is 5. The third-order valence-electron chi connectivity index (χ3n) is 5.10. The van der Waals surface area contributed by atoms with Gasteiger partial charge in [-0.3, -0.25) is 9.10 Å². The van der Waals surface area contributed by atoms with Crippen LogP contribution in [0.4, 0.5) is 18.9 Å². The average molecular weight is 557 g/mol. The fraction of sp³-hybridized carbons (Fsp3) is 0.167. The molecular formula is C24H20ClF3N2O6S. The van der Waals surface area contributed by atoms with Gasteiger partial charge in [-0.2, -0.15) is 0 Å². The van der Waals surface area contributed by atoms with E-state index in [1.807, 2.05) is 0 Å². The smallest absolute Gasteiger partial charge is 0.478 e. The molecule has 0 unspecified atom stereocenters. The van der Waals surface area contributed by atoms with Gasteiger partial charge in [0.15, 0.2) is 0 Å². The summed E-state index contributed by atoms with van der Waals surface area (Å²) in [4.78, 5) is 23.6. The average Bonchev–Trinajstić information content (AvgIpc) is 2.82. The minimum atomic E-state index is -4.95. The maximum atomic E-state index is 13.5. The summed E-state index contributed by atoms with van der Waals surface area (Å²) in [6.07, 6.45) is -4.95. The highest BCUT2D eigenvalue weighted by molar-refractivity contribution is 7.92. The van der Waals surface area contributed by atoms with E-state index >= 15 is 0 Å². The second-order valence-corrected chi connectivity index (χ2v) is 9.97. The maximum absolute atomic E-state index is 13.5. The lowest BCUT2D eigenvalue weighted by Crippen LogP contribution is -2.41. The topological polar surface area (TPSA) is 113 Å². The zero-order chi connectivity index (χ0) is 27.4. The van der Waals surface area contributed by atoms with Gasteiger partial charge in [-0.15, -0.1) is 13.2 Å². The standard InChI is InChI=1S/C24H20ClF3N2O6S/c1-15-20(25)6-3-7-21(15)30(14-22(31)29-13-16-4-2-5-17(12-16)23(32)33)37(34,35)19-10-8-18(9-11-19)36-24(26,27)28/h2-12H,13-14H2,1H3,(H,29,31)(H,32,33). The lowest BCUT2D eigenvalue weighted by molar-refractivity contribution is -0.274. The van der Waals surface area contributed by atoms with E-state index in [4.69, 9.17) is 16.7 Å². The van der Waals surface area contributed by atoms with Crippen LogP contribution >= 0.6 is 11.6 Å². The first-order chi connectivity index (χ1) is 17.3. The molecule has 0 saturated carbocycles. The predicted octanol–water partition coefficient (Wildman–Crippen LogP) is 4.76. The van der Waals surface area contributed by atoms with E-state index < -0.39 is 40.6 Å². The minimum Gasteiger partial charge on any atom is -0.478 e. The number of carboxylic acids is 1. The first-order valence-corrected chi connectivity index (χ1v) is 12.3. The number of sulfonamides is 1. The number of amides is 1. The van der Waals surface area contributed by atoms with Crippen LogP contribution in [0.3, 0.4) is 0 Å². The fourth-order valence-corrected chi connectivity index (χ4v) is 4.96. The normalized spacial score (nSPS) is 11.6. The van der Waals surface area contributed by atoms with E-state index in [1.165, 1.54) is 36.4 Å². The first-order valence-electron chi connectivity index (χ1n) is 10.5. The van der Waals surface area contributed by atoms with Crippen molar-refractivity contribution in [1.82, 2.24) is 5.32 Å². The van der Waals surface area contributed by atoms with Crippen molar-refractivity contribution in [2.24, 2.45) is 0 Å². The summed E-state index contributed by atoms with van der Waals surface area (Å²) in [6.45, 7) is 0.782. The van der Waals surface area contributed by atoms with E-state index in [0.29, 0.717) is 11.1 Å². The molecule has 13 heteroatoms. The largest absolute Gasteiger partial charge is 0.573 e. The predicted molar refractivity (Wildman–Crippen MR) is 129 cm³/mol. The molecule has 3 rings (SSSR count). The van der Waals surface area contributed by atoms with Gasteiger partial charge in [0.2, 0.25) is 5.91 Å². The van der Waals surface area contributed by atoms with Gasteiger partial charge in [0.05, 0.1) is 16.1 Å². The van der Waals surface area contributed by atoms with Crippen LogP contribution < -0.4 is 14.4 Å². The maximum Gasteiger partial charge on any atom is 0.573 e. The number of ether oxygens (including phenoxy) is 1. The van der Waals surface area contributed by atoms with E-state index in [2.05, 4.69) is 10.1 Å². The van der Waals surface area contributed by atoms with Gasteiger partial charge < -0.3 is 15.2 Å². The molecule has 3 aromatic carbocycles. The Morgan fingerprint density at radius 2 is 1.70 bits per heavy atom. The van der Waals surface area contributed by atoms with Gasteiger partial charge in [-0.1, -0.05) is 29.8 Å². The van der Waals surface area contributed by atoms with Gasteiger partial charge in [-0.25, -0.2) is 13.2 Å². The van der Waals surface area contributed by atoms with Crippen LogP contribution in [-0.4, -0.2) is 38.3 Å². The lowest BCUT2D eigenvalue weighted by atomic mass is 10.1. The minimum absolute atomic E-state index is 0.0171. The molecule has 0 aliphatic heterocycles. The van der Waals surface area contributed by atoms with Gasteiger partial charge in [0.1, 0.15) is 12.3 Å². The van der Waals surface area contributed by atoms with Crippen molar-refractivity contribution in [1.29, 1.82) is 0 Å². The summed E-state index contributed by atoms with van der Waals surface area (Å²) in [5.41, 5.74) is 0.933. The fourth-order valence-electron chi connectivity index (χ4n) is 3.31. The molecule has 0 bridgehead atoms. The molecule has 0 heterocycles. The molecule has 0 aliphatic rings. The third kappa shape index (κ3) is 7.14. The monoisotopic (exact) mass is 556 g/mol. The Bertz CT molecular complexity index is 1410. The summed E-state index contributed by atoms with van der Waals surface area (Å²) in [7, 11) is -4.45. The molecule has 8 nitrogen and oxygen atoms in total. The van der Waals surface area contributed by atoms with Crippen molar-refractivity contribution in [3.8, 4) is 5.75 Å². The molecular weight excluding hydrogens is 537 g/mol. The first kappa shape index (κ1) is 27.8. The molecule has 0 aromatic heterocycles. The van der Waals surface area contributed by atoms with Crippen molar-refractivity contribution < 1.29 is 41.0 Å². The second kappa shape index (κ2) is 11.1. The van der Waals surface area contributed by atoms with Gasteiger partial charge in [0.25, 0.3) is 10.0 Å². The van der Waals surface area contributed by atoms with Crippen LogP contribution in [-0.2, 0) is 21.4 Å². The number of carbonyl (C=O) groups excluding carboxylic acids is 1. The number of benzene rings is 3. The summed E-state index contributed by atoms with van der Waals surface area (Å²) in [5, 5.41) is 11.9. The molecule has 1 amide bonds. The number of carboxylic acid groups (broad SMARTS) is 1. The number of alkyl halides is 3. The molecule has 3 aromatic rings. The number of carbonyl (C=O) groups is 2. The highest BCUT2D eigenvalue weighted by atomic mass is 35.5. The number of rotatable bonds is 9. The SMILES string of the molecule is Cc1c(Cl)cccc1N(CC(=O)NCc1cccc(C(=O)O)c1)S(=O)(=O)c1ccc(OC(F)(F)F)cc1. The lowest BCUT2D eigenvalue weighted by Gasteiger charge is -2.26. The van der Waals surface area contributed by atoms with Crippen LogP contribution in [0.1, 0.15) is 21.5 Å². The Balaban J connectivity index is 1.89. The molecule has 0 fully saturated rings. The second-order valence-electron chi connectivity index (χ2n) is 7.70. The van der Waals surface area contributed by atoms with Crippen molar-refractivity contribution in [2.75, 3.05) is 10.8 Å². The molecule has 0 spiro atoms. The van der Waals surface area contributed by atoms with E-state index in [-0.39, 0.29) is 27.7 Å². The van der Waals surface area contributed by atoms with Crippen molar-refractivity contribution in [3.63, 3.8) is 0 Å². The van der Waals surface area contributed by atoms with E-state index in [1.54, 1.807) is 13.0 Å². The van der Waals surface area contributed by atoms with Crippen LogP contribution in [0.2, 0.25) is 5.02 Å². The van der Waals surface area contributed by atoms with Gasteiger partial charge >= 0.3 is 12.3 Å². The number of anilines is 1. The molecule has 196 valence electrons. The van der Waals surface area contributed by atoms with Gasteiger partial charge in [0, 0.05) is 11.6 Å². The molecule has 37 heavy (non-hydrogen) atoms. The van der Waals surface area contributed by atoms with Crippen LogP contribution in [0, 0.1) is 6.92 Å². The summed E-state index contributed by atoms with van der Waals surface area (Å²) >= 11 is 6.16. The Kier molecular flexibility index (Phi) is 8.34. The number of halogens is 4. The zero-order valence-corrected chi connectivity index (χ0v) is 20.7. The zero-order valence-electron chi connectivity index (χ0n) is 19.1. The summed E-state index contributed by atoms with van der Waals surface area (Å²) < 4.78 is 69.0. The van der Waals surface area contributed by atoms with Crippen molar-refractivity contribution in [3.05, 3.63) is 88.4 Å².